The SMILES string of the molecule is CC(C)=CCN1CC[C@H]2[C@@H]1CC(=O)N2C1CCOCC1. The van der Waals surface area contributed by atoms with E-state index in [1.54, 1.807) is 0 Å². The molecule has 0 aliphatic carbocycles. The number of carbonyl (C=O) groups excluding carboxylic acids is 1. The first-order valence-corrected chi connectivity index (χ1v) is 7.93. The molecule has 3 heterocycles. The molecule has 4 nitrogen and oxygen atoms in total. The number of hydrogen-bond acceptors (Lipinski definition) is 3. The van der Waals surface area contributed by atoms with Gasteiger partial charge in [-0.25, -0.2) is 0 Å². The molecular weight excluding hydrogens is 252 g/mol. The average molecular weight is 278 g/mol. The molecule has 0 unspecified atom stereocenters. The molecule has 112 valence electrons. The van der Waals surface area contributed by atoms with Crippen LogP contribution in [-0.2, 0) is 9.53 Å². The Kier molecular flexibility index (Phi) is 4.13. The van der Waals surface area contributed by atoms with Crippen LogP contribution in [-0.4, -0.2) is 60.1 Å². The van der Waals surface area contributed by atoms with Gasteiger partial charge in [0, 0.05) is 50.8 Å². The average Bonchev–Trinajstić information content (AvgIpc) is 2.95. The summed E-state index contributed by atoms with van der Waals surface area (Å²) in [5.74, 6) is 0.369. The number of amides is 1. The highest BCUT2D eigenvalue weighted by molar-refractivity contribution is 5.80. The monoisotopic (exact) mass is 278 g/mol. The minimum absolute atomic E-state index is 0.369. The van der Waals surface area contributed by atoms with Gasteiger partial charge in [0.05, 0.1) is 0 Å². The summed E-state index contributed by atoms with van der Waals surface area (Å²) in [5, 5.41) is 0. The highest BCUT2D eigenvalue weighted by atomic mass is 16.5. The maximum absolute atomic E-state index is 12.4. The van der Waals surface area contributed by atoms with Crippen molar-refractivity contribution in [1.29, 1.82) is 0 Å². The van der Waals surface area contributed by atoms with Crippen LogP contribution in [0.5, 0.6) is 0 Å². The fourth-order valence-electron chi connectivity index (χ4n) is 3.92. The number of likely N-dealkylation sites (tertiary alicyclic amines) is 2. The second kappa shape index (κ2) is 5.86. The molecule has 0 spiro atoms. The van der Waals surface area contributed by atoms with Gasteiger partial charge < -0.3 is 9.64 Å². The molecule has 4 heteroatoms. The van der Waals surface area contributed by atoms with E-state index in [0.29, 0.717) is 24.0 Å². The molecule has 0 bridgehead atoms. The van der Waals surface area contributed by atoms with Crippen molar-refractivity contribution in [2.75, 3.05) is 26.3 Å². The Morgan fingerprint density at radius 1 is 1.25 bits per heavy atom. The lowest BCUT2D eigenvalue weighted by Crippen LogP contribution is -2.46. The summed E-state index contributed by atoms with van der Waals surface area (Å²) in [4.78, 5) is 17.1. The minimum Gasteiger partial charge on any atom is -0.381 e. The number of rotatable bonds is 3. The van der Waals surface area contributed by atoms with Crippen molar-refractivity contribution in [2.24, 2.45) is 0 Å². The molecule has 3 fully saturated rings. The van der Waals surface area contributed by atoms with E-state index in [2.05, 4.69) is 29.7 Å². The van der Waals surface area contributed by atoms with E-state index in [-0.39, 0.29) is 0 Å². The van der Waals surface area contributed by atoms with Crippen molar-refractivity contribution in [3.8, 4) is 0 Å². The summed E-state index contributed by atoms with van der Waals surface area (Å²) in [6.07, 6.45) is 6.18. The van der Waals surface area contributed by atoms with Gasteiger partial charge in [-0.1, -0.05) is 11.6 Å². The van der Waals surface area contributed by atoms with Crippen LogP contribution in [0.2, 0.25) is 0 Å². The molecule has 0 radical (unpaired) electrons. The lowest BCUT2D eigenvalue weighted by atomic mass is 10.0. The Hall–Kier alpha value is -0.870. The van der Waals surface area contributed by atoms with Crippen LogP contribution < -0.4 is 0 Å². The Morgan fingerprint density at radius 3 is 2.70 bits per heavy atom. The molecule has 0 N–H and O–H groups in total. The van der Waals surface area contributed by atoms with Crippen LogP contribution in [0.3, 0.4) is 0 Å². The molecule has 3 aliphatic rings. The van der Waals surface area contributed by atoms with Gasteiger partial charge in [-0.15, -0.1) is 0 Å². The lowest BCUT2D eigenvalue weighted by molar-refractivity contribution is -0.133. The Balaban J connectivity index is 1.68. The van der Waals surface area contributed by atoms with E-state index in [1.165, 1.54) is 5.57 Å². The van der Waals surface area contributed by atoms with Crippen molar-refractivity contribution < 1.29 is 9.53 Å². The van der Waals surface area contributed by atoms with Gasteiger partial charge in [0.15, 0.2) is 0 Å². The standard InChI is InChI=1S/C16H26N2O2/c1-12(2)3-7-17-8-4-14-15(17)11-16(19)18(14)13-5-9-20-10-6-13/h3,13-15H,4-11H2,1-2H3/t14-,15-/m0/s1. The predicted octanol–water partition coefficient (Wildman–Crippen LogP) is 1.81. The largest absolute Gasteiger partial charge is 0.381 e. The Morgan fingerprint density at radius 2 is 2.00 bits per heavy atom. The van der Waals surface area contributed by atoms with Crippen molar-refractivity contribution in [1.82, 2.24) is 9.80 Å². The quantitative estimate of drug-likeness (QED) is 0.738. The Labute approximate surface area is 121 Å². The molecule has 20 heavy (non-hydrogen) atoms. The van der Waals surface area contributed by atoms with Crippen LogP contribution in [0.4, 0.5) is 0 Å². The van der Waals surface area contributed by atoms with E-state index >= 15 is 0 Å². The smallest absolute Gasteiger partial charge is 0.224 e. The summed E-state index contributed by atoms with van der Waals surface area (Å²) in [6, 6.07) is 1.33. The van der Waals surface area contributed by atoms with Crippen molar-refractivity contribution >= 4 is 5.91 Å². The summed E-state index contributed by atoms with van der Waals surface area (Å²) < 4.78 is 5.44. The van der Waals surface area contributed by atoms with E-state index in [9.17, 15) is 4.79 Å². The van der Waals surface area contributed by atoms with Gasteiger partial charge in [0.1, 0.15) is 0 Å². The molecule has 0 aromatic carbocycles. The highest BCUT2D eigenvalue weighted by Gasteiger charge is 2.48. The van der Waals surface area contributed by atoms with Gasteiger partial charge in [-0.05, 0) is 33.1 Å². The normalized spacial score (nSPS) is 31.7. The van der Waals surface area contributed by atoms with Gasteiger partial charge in [-0.3, -0.25) is 9.69 Å². The maximum Gasteiger partial charge on any atom is 0.224 e. The number of nitrogens with zero attached hydrogens (tertiary/aromatic N) is 2. The van der Waals surface area contributed by atoms with Crippen LogP contribution in [0.25, 0.3) is 0 Å². The maximum atomic E-state index is 12.4. The van der Waals surface area contributed by atoms with Gasteiger partial charge >= 0.3 is 0 Å². The molecule has 1 amide bonds. The third-order valence-corrected chi connectivity index (χ3v) is 4.97. The van der Waals surface area contributed by atoms with Crippen LogP contribution in [0.1, 0.15) is 39.5 Å². The summed E-state index contributed by atoms with van der Waals surface area (Å²) >= 11 is 0. The molecule has 2 atom stereocenters. The third kappa shape index (κ3) is 2.63. The fourth-order valence-corrected chi connectivity index (χ4v) is 3.92. The first-order valence-electron chi connectivity index (χ1n) is 7.93. The second-order valence-corrected chi connectivity index (χ2v) is 6.55. The zero-order valence-electron chi connectivity index (χ0n) is 12.7. The van der Waals surface area contributed by atoms with E-state index in [0.717, 1.165) is 52.0 Å². The third-order valence-electron chi connectivity index (χ3n) is 4.97. The predicted molar refractivity (Wildman–Crippen MR) is 78.5 cm³/mol. The number of allylic oxidation sites excluding steroid dienone is 1. The first-order chi connectivity index (χ1) is 9.66. The highest BCUT2D eigenvalue weighted by Crippen LogP contribution is 2.35. The van der Waals surface area contributed by atoms with Crippen molar-refractivity contribution in [3.63, 3.8) is 0 Å². The molecule has 0 saturated carbocycles. The zero-order chi connectivity index (χ0) is 14.1. The second-order valence-electron chi connectivity index (χ2n) is 6.55. The number of carbonyl (C=O) groups is 1. The van der Waals surface area contributed by atoms with Crippen molar-refractivity contribution in [3.05, 3.63) is 11.6 Å². The molecule has 3 rings (SSSR count). The fraction of sp³-hybridized carbons (Fsp3) is 0.812. The molecule has 3 saturated heterocycles. The molecule has 0 aromatic rings. The number of hydrogen-bond donors (Lipinski definition) is 0. The summed E-state index contributed by atoms with van der Waals surface area (Å²) in [6.45, 7) is 8.04. The molecular formula is C16H26N2O2. The van der Waals surface area contributed by atoms with Gasteiger partial charge in [0.25, 0.3) is 0 Å². The van der Waals surface area contributed by atoms with Gasteiger partial charge in [0.2, 0.25) is 5.91 Å². The van der Waals surface area contributed by atoms with Crippen molar-refractivity contribution in [2.45, 2.75) is 57.7 Å². The molecule has 0 aromatic heterocycles. The number of fused-ring (bicyclic) bond motifs is 1. The zero-order valence-corrected chi connectivity index (χ0v) is 12.7. The van der Waals surface area contributed by atoms with Crippen LogP contribution in [0, 0.1) is 0 Å². The first kappa shape index (κ1) is 14.1. The topological polar surface area (TPSA) is 32.8 Å². The van der Waals surface area contributed by atoms with Crippen LogP contribution in [0.15, 0.2) is 11.6 Å². The van der Waals surface area contributed by atoms with E-state index in [1.807, 2.05) is 0 Å². The number of ether oxygens (including phenoxy) is 1. The Bertz CT molecular complexity index is 397. The van der Waals surface area contributed by atoms with Crippen LogP contribution >= 0.6 is 0 Å². The minimum atomic E-state index is 0.369. The molecule has 3 aliphatic heterocycles. The van der Waals surface area contributed by atoms with E-state index < -0.39 is 0 Å². The summed E-state index contributed by atoms with van der Waals surface area (Å²) in [7, 11) is 0. The summed E-state index contributed by atoms with van der Waals surface area (Å²) in [5.41, 5.74) is 1.36. The van der Waals surface area contributed by atoms with Gasteiger partial charge in [-0.2, -0.15) is 0 Å². The lowest BCUT2D eigenvalue weighted by Gasteiger charge is -2.35. The van der Waals surface area contributed by atoms with E-state index in [4.69, 9.17) is 4.74 Å².